The van der Waals surface area contributed by atoms with Crippen LogP contribution in [0.15, 0.2) is 35.3 Å². The van der Waals surface area contributed by atoms with Gasteiger partial charge in [-0.3, -0.25) is 9.78 Å². The van der Waals surface area contributed by atoms with Crippen molar-refractivity contribution in [3.05, 3.63) is 62.8 Å². The average molecular weight is 317 g/mol. The van der Waals surface area contributed by atoms with Gasteiger partial charge in [-0.05, 0) is 31.4 Å². The van der Waals surface area contributed by atoms with Crippen LogP contribution in [0.2, 0.25) is 0 Å². The first-order valence-corrected chi connectivity index (χ1v) is 8.05. The zero-order valence-electron chi connectivity index (χ0n) is 12.9. The van der Waals surface area contributed by atoms with Gasteiger partial charge in [0.2, 0.25) is 5.78 Å². The second kappa shape index (κ2) is 4.92. The van der Waals surface area contributed by atoms with Crippen LogP contribution in [0.5, 0.6) is 0 Å². The first kappa shape index (κ1) is 13.3. The van der Waals surface area contributed by atoms with Crippen molar-refractivity contribution in [3.63, 3.8) is 0 Å². The molecule has 5 rings (SSSR count). The Morgan fingerprint density at radius 1 is 1.25 bits per heavy atom. The number of aromatic amines is 2. The summed E-state index contributed by atoms with van der Waals surface area (Å²) in [5, 5.41) is 7.11. The maximum Gasteiger partial charge on any atom is 0.276 e. The van der Waals surface area contributed by atoms with Gasteiger partial charge in [0.15, 0.2) is 0 Å². The minimum Gasteiger partial charge on any atom is -0.361 e. The van der Waals surface area contributed by atoms with Gasteiger partial charge in [0, 0.05) is 22.7 Å². The van der Waals surface area contributed by atoms with Crippen LogP contribution < -0.4 is 16.3 Å². The van der Waals surface area contributed by atoms with Gasteiger partial charge in [0.25, 0.3) is 5.56 Å². The minimum atomic E-state index is -0.178. The summed E-state index contributed by atoms with van der Waals surface area (Å²) in [5.74, 6) is 0.489. The molecule has 1 aliphatic carbocycles. The van der Waals surface area contributed by atoms with E-state index >= 15 is 0 Å². The molecule has 4 aromatic rings. The molecule has 6 heteroatoms. The van der Waals surface area contributed by atoms with Crippen LogP contribution in [0.4, 0.5) is 0 Å². The number of aromatic nitrogens is 5. The fourth-order valence-electron chi connectivity index (χ4n) is 3.29. The Labute approximate surface area is 136 Å². The molecular formula is C18H15N5O. The zero-order valence-corrected chi connectivity index (χ0v) is 12.9. The SMILES string of the molecule is O=c1[nH]c2nc3c(nn2/c1=C\c1c[nH]c2ccccc12)CCCC=3. The second-order valence-corrected chi connectivity index (χ2v) is 6.05. The van der Waals surface area contributed by atoms with E-state index < -0.39 is 0 Å². The Morgan fingerprint density at radius 2 is 2.17 bits per heavy atom. The topological polar surface area (TPSA) is 78.8 Å². The lowest BCUT2D eigenvalue weighted by atomic mass is 10.1. The minimum absolute atomic E-state index is 0.178. The maximum absolute atomic E-state index is 12.4. The molecule has 0 bridgehead atoms. The monoisotopic (exact) mass is 317 g/mol. The Balaban J connectivity index is 1.83. The lowest BCUT2D eigenvalue weighted by molar-refractivity contribution is 0.730. The van der Waals surface area contributed by atoms with Crippen molar-refractivity contribution in [1.29, 1.82) is 0 Å². The smallest absolute Gasteiger partial charge is 0.276 e. The number of para-hydroxylation sites is 1. The molecule has 2 N–H and O–H groups in total. The maximum atomic E-state index is 12.4. The third kappa shape index (κ3) is 1.93. The molecule has 0 atom stereocenters. The fraction of sp³-hybridized carbons (Fsp3) is 0.167. The highest BCUT2D eigenvalue weighted by Crippen LogP contribution is 2.17. The van der Waals surface area contributed by atoms with Crippen molar-refractivity contribution < 1.29 is 0 Å². The summed E-state index contributed by atoms with van der Waals surface area (Å²) in [6.45, 7) is 0. The second-order valence-electron chi connectivity index (χ2n) is 6.05. The summed E-state index contributed by atoms with van der Waals surface area (Å²) in [4.78, 5) is 23.0. The third-order valence-electron chi connectivity index (χ3n) is 4.50. The number of imidazole rings is 1. The average Bonchev–Trinajstić information content (AvgIpc) is 3.15. The zero-order chi connectivity index (χ0) is 16.1. The molecule has 0 fully saturated rings. The summed E-state index contributed by atoms with van der Waals surface area (Å²) in [5.41, 5.74) is 2.77. The molecule has 0 saturated heterocycles. The van der Waals surface area contributed by atoms with Crippen LogP contribution in [-0.2, 0) is 6.42 Å². The molecular weight excluding hydrogens is 302 g/mol. The number of aryl methyl sites for hydroxylation is 1. The van der Waals surface area contributed by atoms with Crippen LogP contribution in [0.25, 0.3) is 28.8 Å². The molecule has 24 heavy (non-hydrogen) atoms. The van der Waals surface area contributed by atoms with Crippen molar-refractivity contribution in [2.75, 3.05) is 0 Å². The van der Waals surface area contributed by atoms with Crippen LogP contribution >= 0.6 is 0 Å². The lowest BCUT2D eigenvalue weighted by Gasteiger charge is -2.06. The molecule has 0 radical (unpaired) electrons. The molecule has 1 aliphatic rings. The van der Waals surface area contributed by atoms with E-state index in [2.05, 4.69) is 26.1 Å². The normalized spacial score (nSPS) is 14.9. The van der Waals surface area contributed by atoms with Crippen LogP contribution in [0.3, 0.4) is 0 Å². The van der Waals surface area contributed by atoms with Gasteiger partial charge in [0.1, 0.15) is 5.35 Å². The molecule has 3 aromatic heterocycles. The first-order chi connectivity index (χ1) is 11.8. The number of hydrogen-bond acceptors (Lipinski definition) is 3. The molecule has 1 aromatic carbocycles. The molecule has 0 aliphatic heterocycles. The highest BCUT2D eigenvalue weighted by molar-refractivity contribution is 5.88. The van der Waals surface area contributed by atoms with Gasteiger partial charge in [-0.1, -0.05) is 24.3 Å². The molecule has 0 amide bonds. The molecule has 118 valence electrons. The van der Waals surface area contributed by atoms with Gasteiger partial charge >= 0.3 is 0 Å². The van der Waals surface area contributed by atoms with Crippen molar-refractivity contribution in [2.24, 2.45) is 0 Å². The number of benzene rings is 1. The molecule has 0 unspecified atom stereocenters. The largest absolute Gasteiger partial charge is 0.361 e. The van der Waals surface area contributed by atoms with Gasteiger partial charge in [-0.2, -0.15) is 9.61 Å². The van der Waals surface area contributed by atoms with E-state index in [9.17, 15) is 4.79 Å². The first-order valence-electron chi connectivity index (χ1n) is 8.05. The third-order valence-corrected chi connectivity index (χ3v) is 4.50. The Kier molecular flexibility index (Phi) is 2.73. The van der Waals surface area contributed by atoms with E-state index in [4.69, 9.17) is 0 Å². The Morgan fingerprint density at radius 3 is 3.12 bits per heavy atom. The van der Waals surface area contributed by atoms with Crippen LogP contribution in [0.1, 0.15) is 24.1 Å². The quantitative estimate of drug-likeness (QED) is 0.546. The Hall–Kier alpha value is -3.15. The number of nitrogens with one attached hydrogen (secondary N) is 2. The van der Waals surface area contributed by atoms with Gasteiger partial charge in [-0.15, -0.1) is 0 Å². The standard InChI is InChI=1S/C18H15N5O/c24-17-16(9-11-10-19-13-6-2-1-5-12(11)13)23-18(21-17)20-14-7-3-4-8-15(14)22-23/h1-2,5-7,9-10,19H,3-4,8H2,(H,20,21,24)/b16-9-. The van der Waals surface area contributed by atoms with E-state index in [0.717, 1.165) is 46.8 Å². The predicted octanol–water partition coefficient (Wildman–Crippen LogP) is 0.844. The number of H-pyrrole nitrogens is 2. The van der Waals surface area contributed by atoms with Gasteiger partial charge < -0.3 is 4.98 Å². The summed E-state index contributed by atoms with van der Waals surface area (Å²) in [6.07, 6.45) is 8.83. The van der Waals surface area contributed by atoms with E-state index in [1.807, 2.05) is 36.5 Å². The molecule has 0 saturated carbocycles. The fourth-order valence-corrected chi connectivity index (χ4v) is 3.29. The predicted molar refractivity (Wildman–Crippen MR) is 92.1 cm³/mol. The van der Waals surface area contributed by atoms with E-state index in [0.29, 0.717) is 11.1 Å². The van der Waals surface area contributed by atoms with Crippen molar-refractivity contribution >= 4 is 28.8 Å². The van der Waals surface area contributed by atoms with Crippen LogP contribution in [0, 0.1) is 0 Å². The van der Waals surface area contributed by atoms with E-state index in [-0.39, 0.29) is 5.56 Å². The van der Waals surface area contributed by atoms with E-state index in [1.54, 1.807) is 4.52 Å². The Bertz CT molecular complexity index is 1260. The number of fused-ring (bicyclic) bond motifs is 3. The molecule has 0 spiro atoms. The lowest BCUT2D eigenvalue weighted by Crippen LogP contribution is -2.30. The summed E-state index contributed by atoms with van der Waals surface area (Å²) < 4.78 is 1.63. The van der Waals surface area contributed by atoms with Crippen molar-refractivity contribution in [1.82, 2.24) is 24.6 Å². The van der Waals surface area contributed by atoms with Gasteiger partial charge in [0.05, 0.1) is 11.0 Å². The summed E-state index contributed by atoms with van der Waals surface area (Å²) in [6, 6.07) is 8.01. The highest BCUT2D eigenvalue weighted by Gasteiger charge is 2.11. The van der Waals surface area contributed by atoms with Crippen molar-refractivity contribution in [2.45, 2.75) is 19.3 Å². The van der Waals surface area contributed by atoms with E-state index in [1.165, 1.54) is 0 Å². The molecule has 6 nitrogen and oxygen atoms in total. The number of rotatable bonds is 1. The summed E-state index contributed by atoms with van der Waals surface area (Å²) >= 11 is 0. The highest BCUT2D eigenvalue weighted by atomic mass is 16.1. The molecule has 3 heterocycles. The number of hydrogen-bond donors (Lipinski definition) is 2. The van der Waals surface area contributed by atoms with Gasteiger partial charge in [-0.25, -0.2) is 4.98 Å². The van der Waals surface area contributed by atoms with Crippen molar-refractivity contribution in [3.8, 4) is 0 Å². The van der Waals surface area contributed by atoms with Crippen LogP contribution in [-0.4, -0.2) is 24.6 Å². The summed E-state index contributed by atoms with van der Waals surface area (Å²) in [7, 11) is 0. The number of nitrogens with zero attached hydrogens (tertiary/aromatic N) is 3.